The van der Waals surface area contributed by atoms with Crippen molar-refractivity contribution in [1.82, 2.24) is 14.3 Å². The number of anilines is 1. The van der Waals surface area contributed by atoms with E-state index in [4.69, 9.17) is 16.3 Å². The number of benzene rings is 2. The van der Waals surface area contributed by atoms with Crippen LogP contribution in [0.4, 0.5) is 5.82 Å². The van der Waals surface area contributed by atoms with E-state index in [0.717, 1.165) is 22.8 Å². The van der Waals surface area contributed by atoms with Gasteiger partial charge >= 0.3 is 0 Å². The second kappa shape index (κ2) is 9.21. The van der Waals surface area contributed by atoms with E-state index in [0.29, 0.717) is 32.8 Å². The number of halogens is 1. The predicted octanol–water partition coefficient (Wildman–Crippen LogP) is 3.71. The minimum Gasteiger partial charge on any atom is -0.494 e. The topological polar surface area (TPSA) is 75.6 Å². The molecule has 0 saturated carbocycles. The lowest BCUT2D eigenvalue weighted by molar-refractivity contribution is 0.340. The Hall–Kier alpha value is -2.68. The van der Waals surface area contributed by atoms with E-state index >= 15 is 0 Å². The summed E-state index contributed by atoms with van der Waals surface area (Å²) >= 11 is 6.11. The zero-order valence-electron chi connectivity index (χ0n) is 17.1. The summed E-state index contributed by atoms with van der Waals surface area (Å²) in [7, 11) is -3.63. The van der Waals surface area contributed by atoms with E-state index in [1.165, 1.54) is 16.7 Å². The summed E-state index contributed by atoms with van der Waals surface area (Å²) in [5, 5.41) is 0.237. The van der Waals surface area contributed by atoms with Gasteiger partial charge in [0.15, 0.2) is 0 Å². The van der Waals surface area contributed by atoms with Gasteiger partial charge in [0.1, 0.15) is 22.8 Å². The fraction of sp³-hybridized carbons (Fsp3) is 0.273. The highest BCUT2D eigenvalue weighted by Gasteiger charge is 2.30. The number of sulfonamides is 1. The summed E-state index contributed by atoms with van der Waals surface area (Å²) in [5.41, 5.74) is 1.77. The number of aromatic nitrogens is 2. The van der Waals surface area contributed by atoms with Crippen LogP contribution in [-0.2, 0) is 10.0 Å². The van der Waals surface area contributed by atoms with Crippen molar-refractivity contribution >= 4 is 27.4 Å². The Morgan fingerprint density at radius 3 is 2.39 bits per heavy atom. The first-order valence-corrected chi connectivity index (χ1v) is 11.9. The summed E-state index contributed by atoms with van der Waals surface area (Å²) in [6, 6.07) is 16.2. The first-order valence-electron chi connectivity index (χ1n) is 10.0. The van der Waals surface area contributed by atoms with E-state index in [2.05, 4.69) is 14.9 Å². The highest BCUT2D eigenvalue weighted by molar-refractivity contribution is 7.89. The van der Waals surface area contributed by atoms with Crippen LogP contribution in [0.1, 0.15) is 6.92 Å². The molecule has 7 nitrogen and oxygen atoms in total. The van der Waals surface area contributed by atoms with Crippen molar-refractivity contribution in [3.05, 3.63) is 65.9 Å². The number of ether oxygens (including phenoxy) is 1. The van der Waals surface area contributed by atoms with Gasteiger partial charge in [-0.05, 0) is 43.3 Å². The normalized spacial score (nSPS) is 15.1. The van der Waals surface area contributed by atoms with Gasteiger partial charge in [0.2, 0.25) is 10.0 Å². The van der Waals surface area contributed by atoms with Gasteiger partial charge in [0.05, 0.1) is 17.3 Å². The smallest absolute Gasteiger partial charge is 0.244 e. The summed E-state index contributed by atoms with van der Waals surface area (Å²) in [4.78, 5) is 11.0. The molecule has 4 rings (SSSR count). The minimum atomic E-state index is -3.63. The van der Waals surface area contributed by atoms with Gasteiger partial charge < -0.3 is 9.64 Å². The van der Waals surface area contributed by atoms with E-state index < -0.39 is 10.0 Å². The molecule has 0 N–H and O–H groups in total. The summed E-state index contributed by atoms with van der Waals surface area (Å²) in [6.07, 6.45) is 1.54. The van der Waals surface area contributed by atoms with Crippen molar-refractivity contribution in [2.24, 2.45) is 0 Å². The Labute approximate surface area is 187 Å². The molecule has 0 radical (unpaired) electrons. The fourth-order valence-corrected chi connectivity index (χ4v) is 5.43. The summed E-state index contributed by atoms with van der Waals surface area (Å²) in [6.45, 7) is 4.35. The first kappa shape index (κ1) is 21.5. The van der Waals surface area contributed by atoms with Crippen LogP contribution in [0, 0.1) is 0 Å². The van der Waals surface area contributed by atoms with Crippen LogP contribution < -0.4 is 9.64 Å². The molecule has 9 heteroatoms. The highest BCUT2D eigenvalue weighted by Crippen LogP contribution is 2.27. The van der Waals surface area contributed by atoms with E-state index in [1.54, 1.807) is 18.2 Å². The van der Waals surface area contributed by atoms with Crippen LogP contribution in [0.3, 0.4) is 0 Å². The number of nitrogens with zero attached hydrogens (tertiary/aromatic N) is 4. The van der Waals surface area contributed by atoms with Gasteiger partial charge in [-0.1, -0.05) is 23.7 Å². The van der Waals surface area contributed by atoms with Crippen molar-refractivity contribution in [3.8, 4) is 17.0 Å². The molecular weight excluding hydrogens is 436 g/mol. The monoisotopic (exact) mass is 458 g/mol. The maximum atomic E-state index is 13.0. The van der Waals surface area contributed by atoms with Gasteiger partial charge in [-0.15, -0.1) is 0 Å². The van der Waals surface area contributed by atoms with Gasteiger partial charge in [0, 0.05) is 37.8 Å². The van der Waals surface area contributed by atoms with E-state index in [9.17, 15) is 8.42 Å². The molecule has 1 aliphatic heterocycles. The average Bonchev–Trinajstić information content (AvgIpc) is 2.80. The van der Waals surface area contributed by atoms with E-state index in [-0.39, 0.29) is 9.92 Å². The molecule has 0 unspecified atom stereocenters. The highest BCUT2D eigenvalue weighted by atomic mass is 35.5. The van der Waals surface area contributed by atoms with Crippen LogP contribution in [0.5, 0.6) is 5.75 Å². The lowest BCUT2D eigenvalue weighted by Crippen LogP contribution is -2.49. The third-order valence-corrected chi connectivity index (χ3v) is 7.53. The Kier molecular flexibility index (Phi) is 6.41. The molecular formula is C22H23ClN4O3S. The molecule has 0 atom stereocenters. The second-order valence-corrected chi connectivity index (χ2v) is 9.35. The number of hydrogen-bond acceptors (Lipinski definition) is 6. The van der Waals surface area contributed by atoms with Crippen molar-refractivity contribution in [1.29, 1.82) is 0 Å². The average molecular weight is 459 g/mol. The Balaban J connectivity index is 1.47. The third kappa shape index (κ3) is 4.66. The van der Waals surface area contributed by atoms with Crippen molar-refractivity contribution < 1.29 is 13.2 Å². The molecule has 162 valence electrons. The van der Waals surface area contributed by atoms with Gasteiger partial charge in [-0.2, -0.15) is 4.31 Å². The number of piperazine rings is 1. The van der Waals surface area contributed by atoms with Crippen molar-refractivity contribution in [2.45, 2.75) is 11.8 Å². The van der Waals surface area contributed by atoms with Gasteiger partial charge in [0.25, 0.3) is 0 Å². The van der Waals surface area contributed by atoms with Gasteiger partial charge in [-0.3, -0.25) is 0 Å². The molecule has 0 spiro atoms. The van der Waals surface area contributed by atoms with Crippen LogP contribution in [0.2, 0.25) is 5.02 Å². The molecule has 1 fully saturated rings. The Morgan fingerprint density at radius 1 is 1.00 bits per heavy atom. The molecule has 3 aromatic rings. The quantitative estimate of drug-likeness (QED) is 0.560. The predicted molar refractivity (Wildman–Crippen MR) is 121 cm³/mol. The molecule has 1 aromatic heterocycles. The Bertz CT molecular complexity index is 1150. The lowest BCUT2D eigenvalue weighted by atomic mass is 10.1. The standard InChI is InChI=1S/C22H23ClN4O3S/c1-2-30-18-9-7-17(8-10-18)20-15-22(25-16-24-20)26-11-13-27(14-12-26)31(28,29)21-6-4-3-5-19(21)23/h3-10,15-16H,2,11-14H2,1H3. The lowest BCUT2D eigenvalue weighted by Gasteiger charge is -2.34. The largest absolute Gasteiger partial charge is 0.494 e. The Morgan fingerprint density at radius 2 is 1.71 bits per heavy atom. The molecule has 0 amide bonds. The van der Waals surface area contributed by atoms with Crippen LogP contribution in [-0.4, -0.2) is 55.5 Å². The molecule has 2 heterocycles. The zero-order chi connectivity index (χ0) is 21.8. The van der Waals surface area contributed by atoms with Crippen LogP contribution >= 0.6 is 11.6 Å². The van der Waals surface area contributed by atoms with Crippen LogP contribution in [0.15, 0.2) is 65.8 Å². The number of rotatable bonds is 6. The molecule has 31 heavy (non-hydrogen) atoms. The maximum absolute atomic E-state index is 13.0. The zero-order valence-corrected chi connectivity index (χ0v) is 18.7. The molecule has 0 bridgehead atoms. The first-order chi connectivity index (χ1) is 15.0. The van der Waals surface area contributed by atoms with Crippen molar-refractivity contribution in [3.63, 3.8) is 0 Å². The second-order valence-electron chi connectivity index (χ2n) is 7.04. The SMILES string of the molecule is CCOc1ccc(-c2cc(N3CCN(S(=O)(=O)c4ccccc4Cl)CC3)ncn2)cc1. The van der Waals surface area contributed by atoms with Crippen LogP contribution in [0.25, 0.3) is 11.3 Å². The molecule has 0 aliphatic carbocycles. The third-order valence-electron chi connectivity index (χ3n) is 5.13. The summed E-state index contributed by atoms with van der Waals surface area (Å²) in [5.74, 6) is 1.59. The fourth-order valence-electron chi connectivity index (χ4n) is 3.52. The molecule has 1 saturated heterocycles. The van der Waals surface area contributed by atoms with E-state index in [1.807, 2.05) is 37.3 Å². The minimum absolute atomic E-state index is 0.143. The molecule has 1 aliphatic rings. The van der Waals surface area contributed by atoms with Crippen molar-refractivity contribution in [2.75, 3.05) is 37.7 Å². The number of hydrogen-bond donors (Lipinski definition) is 0. The maximum Gasteiger partial charge on any atom is 0.244 e. The molecule has 2 aromatic carbocycles. The van der Waals surface area contributed by atoms with Gasteiger partial charge in [-0.25, -0.2) is 18.4 Å². The summed E-state index contributed by atoms with van der Waals surface area (Å²) < 4.78 is 32.9.